The van der Waals surface area contributed by atoms with Crippen molar-refractivity contribution in [2.45, 2.75) is 33.2 Å². The Labute approximate surface area is 127 Å². The van der Waals surface area contributed by atoms with Gasteiger partial charge in [-0.1, -0.05) is 13.3 Å². The van der Waals surface area contributed by atoms with Gasteiger partial charge in [-0.15, -0.1) is 0 Å². The summed E-state index contributed by atoms with van der Waals surface area (Å²) in [6, 6.07) is 1.71. The molecule has 6 heteroatoms. The molecule has 5 nitrogen and oxygen atoms in total. The Balaban J connectivity index is 2.38. The van der Waals surface area contributed by atoms with Crippen molar-refractivity contribution >= 4 is 21.9 Å². The summed E-state index contributed by atoms with van der Waals surface area (Å²) < 4.78 is 12.1. The molecule has 0 saturated carbocycles. The number of hydrogen-bond acceptors (Lipinski definition) is 4. The zero-order valence-electron chi connectivity index (χ0n) is 11.9. The van der Waals surface area contributed by atoms with E-state index in [0.29, 0.717) is 17.7 Å². The van der Waals surface area contributed by atoms with Crippen molar-refractivity contribution in [2.24, 2.45) is 0 Å². The topological polar surface area (TPSA) is 57.5 Å². The molecule has 1 heterocycles. The maximum Gasteiger partial charge on any atom is 0.326 e. The van der Waals surface area contributed by atoms with Gasteiger partial charge in [0, 0.05) is 12.8 Å². The molecule has 0 saturated heterocycles. The van der Waals surface area contributed by atoms with Crippen LogP contribution in [0.2, 0.25) is 0 Å². The van der Waals surface area contributed by atoms with Gasteiger partial charge in [-0.25, -0.2) is 0 Å². The molecule has 1 aromatic rings. The molecule has 0 fully saturated rings. The summed E-state index contributed by atoms with van der Waals surface area (Å²) in [7, 11) is 0. The van der Waals surface area contributed by atoms with Crippen LogP contribution in [0.3, 0.4) is 0 Å². The first-order chi connectivity index (χ1) is 9.54. The van der Waals surface area contributed by atoms with E-state index < -0.39 is 5.97 Å². The van der Waals surface area contributed by atoms with Crippen LogP contribution in [-0.2, 0) is 20.8 Å². The number of esters is 1. The Bertz CT molecular complexity index is 498. The Morgan fingerprint density at radius 3 is 2.80 bits per heavy atom. The van der Waals surface area contributed by atoms with Gasteiger partial charge in [0.05, 0.1) is 11.1 Å². The van der Waals surface area contributed by atoms with Crippen LogP contribution < -0.4 is 5.56 Å². The number of carbonyl (C=O) groups is 1. The highest BCUT2D eigenvalue weighted by Crippen LogP contribution is 2.05. The first kappa shape index (κ1) is 16.9. The van der Waals surface area contributed by atoms with E-state index in [4.69, 9.17) is 9.47 Å². The average molecular weight is 346 g/mol. The van der Waals surface area contributed by atoms with E-state index in [1.54, 1.807) is 12.3 Å². The van der Waals surface area contributed by atoms with Crippen LogP contribution in [0.4, 0.5) is 0 Å². The van der Waals surface area contributed by atoms with Crippen LogP contribution in [-0.4, -0.2) is 30.4 Å². The number of aromatic nitrogens is 1. The molecule has 0 N–H and O–H groups in total. The molecule has 1 aromatic heterocycles. The van der Waals surface area contributed by atoms with Crippen LogP contribution >= 0.6 is 15.9 Å². The molecule has 0 aromatic carbocycles. The molecule has 0 amide bonds. The molecular formula is C14H20BrNO4. The van der Waals surface area contributed by atoms with Gasteiger partial charge in [-0.2, -0.15) is 0 Å². The number of carbonyl (C=O) groups excluding carboxylic acids is 1. The monoisotopic (exact) mass is 345 g/mol. The normalized spacial score (nSPS) is 10.6. The van der Waals surface area contributed by atoms with Crippen molar-refractivity contribution in [3.8, 4) is 0 Å². The van der Waals surface area contributed by atoms with E-state index in [1.807, 2.05) is 6.92 Å². The largest absolute Gasteiger partial charge is 0.462 e. The molecule has 0 atom stereocenters. The lowest BCUT2D eigenvalue weighted by Gasteiger charge is -2.08. The summed E-state index contributed by atoms with van der Waals surface area (Å²) in [4.78, 5) is 23.4. The van der Waals surface area contributed by atoms with Crippen LogP contribution in [0.5, 0.6) is 0 Å². The minimum Gasteiger partial charge on any atom is -0.462 e. The minimum absolute atomic E-state index is 0.0892. The molecule has 0 aliphatic rings. The van der Waals surface area contributed by atoms with E-state index in [2.05, 4.69) is 22.9 Å². The predicted molar refractivity (Wildman–Crippen MR) is 79.8 cm³/mol. The average Bonchev–Trinajstić information content (AvgIpc) is 2.39. The third-order valence-electron chi connectivity index (χ3n) is 2.61. The van der Waals surface area contributed by atoms with Gasteiger partial charge in [-0.3, -0.25) is 9.59 Å². The van der Waals surface area contributed by atoms with Gasteiger partial charge >= 0.3 is 5.97 Å². The summed E-state index contributed by atoms with van der Waals surface area (Å²) >= 11 is 3.17. The standard InChI is InChI=1S/C14H20BrNO4/c1-3-4-5-19-6-7-20-13(17)10-16-9-11(2)8-12(15)14(16)18/h8-9H,3-7,10H2,1-2H3. The summed E-state index contributed by atoms with van der Waals surface area (Å²) in [6.45, 7) is 5.13. The van der Waals surface area contributed by atoms with Crippen molar-refractivity contribution in [1.82, 2.24) is 4.57 Å². The highest BCUT2D eigenvalue weighted by Gasteiger charge is 2.08. The number of ether oxygens (including phenoxy) is 2. The summed E-state index contributed by atoms with van der Waals surface area (Å²) in [6.07, 6.45) is 3.71. The van der Waals surface area contributed by atoms with Crippen LogP contribution in [0.15, 0.2) is 21.5 Å². The van der Waals surface area contributed by atoms with Crippen molar-refractivity contribution in [2.75, 3.05) is 19.8 Å². The zero-order valence-corrected chi connectivity index (χ0v) is 13.4. The fourth-order valence-electron chi connectivity index (χ4n) is 1.61. The number of pyridine rings is 1. The van der Waals surface area contributed by atoms with Gasteiger partial charge in [0.1, 0.15) is 13.2 Å². The highest BCUT2D eigenvalue weighted by molar-refractivity contribution is 9.10. The van der Waals surface area contributed by atoms with Crippen molar-refractivity contribution in [1.29, 1.82) is 0 Å². The van der Waals surface area contributed by atoms with E-state index in [9.17, 15) is 9.59 Å². The Morgan fingerprint density at radius 1 is 1.35 bits per heavy atom. The molecule has 1 rings (SSSR count). The first-order valence-corrected chi connectivity index (χ1v) is 7.44. The van der Waals surface area contributed by atoms with Gasteiger partial charge < -0.3 is 14.0 Å². The summed E-state index contributed by atoms with van der Waals surface area (Å²) in [5, 5.41) is 0. The fourth-order valence-corrected chi connectivity index (χ4v) is 2.19. The quantitative estimate of drug-likeness (QED) is 0.535. The lowest BCUT2D eigenvalue weighted by Crippen LogP contribution is -2.26. The van der Waals surface area contributed by atoms with E-state index in [1.165, 1.54) is 4.57 Å². The molecule has 20 heavy (non-hydrogen) atoms. The van der Waals surface area contributed by atoms with Crippen molar-refractivity contribution < 1.29 is 14.3 Å². The molecule has 112 valence electrons. The number of halogens is 1. The SMILES string of the molecule is CCCCOCCOC(=O)Cn1cc(C)cc(Br)c1=O. The predicted octanol–water partition coefficient (Wildman–Crippen LogP) is 2.28. The van der Waals surface area contributed by atoms with E-state index in [0.717, 1.165) is 18.4 Å². The third kappa shape index (κ3) is 5.88. The van der Waals surface area contributed by atoms with Crippen molar-refractivity contribution in [3.63, 3.8) is 0 Å². The second kappa shape index (κ2) is 8.92. The number of aryl methyl sites for hydroxylation is 1. The molecule has 0 spiro atoms. The van der Waals surface area contributed by atoms with Gasteiger partial charge in [0.15, 0.2) is 0 Å². The maximum absolute atomic E-state index is 11.8. The Morgan fingerprint density at radius 2 is 2.10 bits per heavy atom. The zero-order chi connectivity index (χ0) is 15.0. The van der Waals surface area contributed by atoms with E-state index >= 15 is 0 Å². The third-order valence-corrected chi connectivity index (χ3v) is 3.18. The highest BCUT2D eigenvalue weighted by atomic mass is 79.9. The number of rotatable bonds is 8. The van der Waals surface area contributed by atoms with Gasteiger partial charge in [0.2, 0.25) is 0 Å². The smallest absolute Gasteiger partial charge is 0.326 e. The molecule has 0 unspecified atom stereocenters. The minimum atomic E-state index is -0.441. The number of hydrogen-bond donors (Lipinski definition) is 0. The lowest BCUT2D eigenvalue weighted by molar-refractivity contribution is -0.146. The lowest BCUT2D eigenvalue weighted by atomic mass is 10.3. The Kier molecular flexibility index (Phi) is 7.54. The number of nitrogens with zero attached hydrogens (tertiary/aromatic N) is 1. The van der Waals surface area contributed by atoms with Crippen molar-refractivity contribution in [3.05, 3.63) is 32.7 Å². The number of unbranched alkanes of at least 4 members (excludes halogenated alkanes) is 1. The van der Waals surface area contributed by atoms with Gasteiger partial charge in [-0.05, 0) is 40.9 Å². The summed E-state index contributed by atoms with van der Waals surface area (Å²) in [5.74, 6) is -0.441. The molecule has 0 aliphatic heterocycles. The Hall–Kier alpha value is -1.14. The molecule has 0 aliphatic carbocycles. The first-order valence-electron chi connectivity index (χ1n) is 6.64. The summed E-state index contributed by atoms with van der Waals surface area (Å²) in [5.41, 5.74) is 0.652. The van der Waals surface area contributed by atoms with E-state index in [-0.39, 0.29) is 18.7 Å². The molecular weight excluding hydrogens is 326 g/mol. The fraction of sp³-hybridized carbons (Fsp3) is 0.571. The second-order valence-electron chi connectivity index (χ2n) is 4.48. The van der Waals surface area contributed by atoms with Crippen LogP contribution in [0.25, 0.3) is 0 Å². The van der Waals surface area contributed by atoms with Crippen LogP contribution in [0.1, 0.15) is 25.3 Å². The van der Waals surface area contributed by atoms with Gasteiger partial charge in [0.25, 0.3) is 5.56 Å². The molecule has 0 radical (unpaired) electrons. The molecule has 0 bridgehead atoms. The maximum atomic E-state index is 11.8. The second-order valence-corrected chi connectivity index (χ2v) is 5.34. The van der Waals surface area contributed by atoms with Crippen LogP contribution in [0, 0.1) is 6.92 Å².